The van der Waals surface area contributed by atoms with Gasteiger partial charge in [0, 0.05) is 20.9 Å². The third-order valence-corrected chi connectivity index (χ3v) is 4.97. The maximum Gasteiger partial charge on any atom is 0.358 e. The fraction of sp³-hybridized carbons (Fsp3) is 0.429. The maximum atomic E-state index is 11.1. The van der Waals surface area contributed by atoms with E-state index in [1.54, 1.807) is 10.8 Å². The lowest BCUT2D eigenvalue weighted by atomic mass is 10.3. The zero-order valence-corrected chi connectivity index (χ0v) is 14.3. The number of carbonyl (C=O) groups is 1. The van der Waals surface area contributed by atoms with E-state index < -0.39 is 14.0 Å². The molecule has 23 heavy (non-hydrogen) atoms. The Labute approximate surface area is 134 Å². The van der Waals surface area contributed by atoms with E-state index in [0.717, 1.165) is 6.04 Å². The fourth-order valence-electron chi connectivity index (χ4n) is 1.98. The SMILES string of the molecule is C[Si](C)(C)CCOCn1cc(C#N)c2nc(C(=O)O)c(N)nc21. The van der Waals surface area contributed by atoms with E-state index >= 15 is 0 Å². The van der Waals surface area contributed by atoms with Gasteiger partial charge in [0.05, 0.1) is 5.56 Å². The van der Waals surface area contributed by atoms with Crippen LogP contribution in [0.1, 0.15) is 16.1 Å². The number of nitrogen functional groups attached to an aromatic ring is 1. The minimum Gasteiger partial charge on any atom is -0.476 e. The van der Waals surface area contributed by atoms with Crippen molar-refractivity contribution in [3.8, 4) is 6.07 Å². The highest BCUT2D eigenvalue weighted by Crippen LogP contribution is 2.20. The Morgan fingerprint density at radius 2 is 2.17 bits per heavy atom. The molecule has 0 atom stereocenters. The maximum absolute atomic E-state index is 11.1. The molecule has 2 aromatic rings. The van der Waals surface area contributed by atoms with Crippen molar-refractivity contribution in [2.24, 2.45) is 0 Å². The monoisotopic (exact) mass is 333 g/mol. The van der Waals surface area contributed by atoms with Crippen LogP contribution < -0.4 is 5.73 Å². The molecule has 0 saturated carbocycles. The van der Waals surface area contributed by atoms with Crippen LogP contribution in [-0.4, -0.2) is 40.3 Å². The molecule has 2 rings (SSSR count). The summed E-state index contributed by atoms with van der Waals surface area (Å²) in [6.07, 6.45) is 1.55. The molecule has 0 unspecified atom stereocenters. The van der Waals surface area contributed by atoms with E-state index in [1.807, 2.05) is 6.07 Å². The molecule has 122 valence electrons. The molecule has 3 N–H and O–H groups in total. The summed E-state index contributed by atoms with van der Waals surface area (Å²) in [6.45, 7) is 7.61. The molecule has 2 aromatic heterocycles. The number of hydrogen-bond acceptors (Lipinski definition) is 6. The first-order valence-corrected chi connectivity index (χ1v) is 10.8. The van der Waals surface area contributed by atoms with Crippen molar-refractivity contribution in [1.82, 2.24) is 14.5 Å². The molecule has 0 fully saturated rings. The van der Waals surface area contributed by atoms with E-state index in [-0.39, 0.29) is 29.3 Å². The van der Waals surface area contributed by atoms with Crippen molar-refractivity contribution < 1.29 is 14.6 Å². The van der Waals surface area contributed by atoms with Gasteiger partial charge in [-0.3, -0.25) is 0 Å². The summed E-state index contributed by atoms with van der Waals surface area (Å²) in [5, 5.41) is 18.2. The zero-order chi connectivity index (χ0) is 17.2. The standard InChI is InChI=1S/C14H19N5O3Si/c1-23(2,3)5-4-22-8-19-7-9(6-15)10-13(19)18-12(16)11(17-10)14(20)21/h7H,4-5,8H2,1-3H3,(H2,16,18)(H,20,21). The zero-order valence-electron chi connectivity index (χ0n) is 13.3. The van der Waals surface area contributed by atoms with Gasteiger partial charge in [0.1, 0.15) is 18.3 Å². The van der Waals surface area contributed by atoms with Crippen molar-refractivity contribution in [2.45, 2.75) is 32.4 Å². The number of ether oxygens (including phenoxy) is 1. The predicted molar refractivity (Wildman–Crippen MR) is 87.7 cm³/mol. The van der Waals surface area contributed by atoms with Gasteiger partial charge in [-0.25, -0.2) is 14.8 Å². The average molecular weight is 333 g/mol. The lowest BCUT2D eigenvalue weighted by Gasteiger charge is -2.15. The highest BCUT2D eigenvalue weighted by molar-refractivity contribution is 6.76. The van der Waals surface area contributed by atoms with Crippen molar-refractivity contribution in [3.63, 3.8) is 0 Å². The largest absolute Gasteiger partial charge is 0.476 e. The minimum atomic E-state index is -1.28. The van der Waals surface area contributed by atoms with Crippen LogP contribution in [0.15, 0.2) is 6.20 Å². The van der Waals surface area contributed by atoms with Gasteiger partial charge in [0.25, 0.3) is 0 Å². The second-order valence-electron chi connectivity index (χ2n) is 6.41. The number of anilines is 1. The molecular formula is C14H19N5O3Si. The number of aromatic carboxylic acids is 1. The fourth-order valence-corrected chi connectivity index (χ4v) is 2.73. The number of nitriles is 1. The lowest BCUT2D eigenvalue weighted by molar-refractivity contribution is 0.0692. The van der Waals surface area contributed by atoms with E-state index in [0.29, 0.717) is 12.3 Å². The van der Waals surface area contributed by atoms with Gasteiger partial charge in [-0.1, -0.05) is 19.6 Å². The third-order valence-electron chi connectivity index (χ3n) is 3.27. The summed E-state index contributed by atoms with van der Waals surface area (Å²) in [4.78, 5) is 19.1. The molecule has 0 radical (unpaired) electrons. The van der Waals surface area contributed by atoms with E-state index in [4.69, 9.17) is 15.6 Å². The smallest absolute Gasteiger partial charge is 0.358 e. The number of hydrogen-bond donors (Lipinski definition) is 2. The molecular weight excluding hydrogens is 314 g/mol. The van der Waals surface area contributed by atoms with Crippen molar-refractivity contribution in [3.05, 3.63) is 17.5 Å². The number of fused-ring (bicyclic) bond motifs is 1. The van der Waals surface area contributed by atoms with Gasteiger partial charge < -0.3 is 20.1 Å². The molecule has 0 spiro atoms. The minimum absolute atomic E-state index is 0.184. The summed E-state index contributed by atoms with van der Waals surface area (Å²) in [5.74, 6) is -1.46. The number of aromatic nitrogens is 3. The Morgan fingerprint density at radius 1 is 1.48 bits per heavy atom. The molecule has 0 amide bonds. The van der Waals surface area contributed by atoms with Crippen LogP contribution >= 0.6 is 0 Å². The summed E-state index contributed by atoms with van der Waals surface area (Å²) in [5.41, 5.74) is 6.08. The summed E-state index contributed by atoms with van der Waals surface area (Å²) in [6, 6.07) is 3.01. The molecule has 0 aliphatic carbocycles. The molecule has 0 aliphatic heterocycles. The molecule has 8 nitrogen and oxygen atoms in total. The van der Waals surface area contributed by atoms with Crippen LogP contribution in [0.25, 0.3) is 11.2 Å². The van der Waals surface area contributed by atoms with Gasteiger partial charge in [-0.2, -0.15) is 5.26 Å². The number of nitrogens with two attached hydrogens (primary N) is 1. The molecule has 0 bridgehead atoms. The number of carboxylic acid groups (broad SMARTS) is 1. The van der Waals surface area contributed by atoms with Crippen LogP contribution in [0.2, 0.25) is 25.7 Å². The van der Waals surface area contributed by atoms with E-state index in [9.17, 15) is 10.1 Å². The van der Waals surface area contributed by atoms with Crippen LogP contribution in [0.3, 0.4) is 0 Å². The van der Waals surface area contributed by atoms with Gasteiger partial charge >= 0.3 is 5.97 Å². The van der Waals surface area contributed by atoms with Crippen LogP contribution in [0.5, 0.6) is 0 Å². The van der Waals surface area contributed by atoms with E-state index in [2.05, 4.69) is 29.6 Å². The molecule has 0 aromatic carbocycles. The number of rotatable bonds is 6. The Balaban J connectivity index is 2.29. The first-order valence-electron chi connectivity index (χ1n) is 7.10. The second-order valence-corrected chi connectivity index (χ2v) is 12.0. The number of nitrogens with zero attached hydrogens (tertiary/aromatic N) is 4. The van der Waals surface area contributed by atoms with Gasteiger partial charge in [0.15, 0.2) is 17.2 Å². The Bertz CT molecular complexity index is 788. The average Bonchev–Trinajstić information content (AvgIpc) is 2.78. The number of carboxylic acids is 1. The second kappa shape index (κ2) is 6.35. The van der Waals surface area contributed by atoms with Gasteiger partial charge in [-0.05, 0) is 6.04 Å². The van der Waals surface area contributed by atoms with Crippen LogP contribution in [0.4, 0.5) is 5.82 Å². The van der Waals surface area contributed by atoms with Crippen molar-refractivity contribution in [2.75, 3.05) is 12.3 Å². The predicted octanol–water partition coefficient (Wildman–Crippen LogP) is 1.90. The van der Waals surface area contributed by atoms with Crippen LogP contribution in [0, 0.1) is 11.3 Å². The summed E-state index contributed by atoms with van der Waals surface area (Å²) < 4.78 is 7.26. The normalized spacial score (nSPS) is 11.6. The lowest BCUT2D eigenvalue weighted by Crippen LogP contribution is -2.22. The topological polar surface area (TPSA) is 127 Å². The highest BCUT2D eigenvalue weighted by atomic mass is 28.3. The Morgan fingerprint density at radius 3 is 2.74 bits per heavy atom. The van der Waals surface area contributed by atoms with Crippen LogP contribution in [-0.2, 0) is 11.5 Å². The third kappa shape index (κ3) is 3.85. The molecule has 0 saturated heterocycles. The van der Waals surface area contributed by atoms with Gasteiger partial charge in [0.2, 0.25) is 0 Å². The summed E-state index contributed by atoms with van der Waals surface area (Å²) >= 11 is 0. The Hall–Kier alpha value is -2.44. The first-order chi connectivity index (χ1) is 10.7. The quantitative estimate of drug-likeness (QED) is 0.610. The molecule has 0 aliphatic rings. The van der Waals surface area contributed by atoms with Crippen molar-refractivity contribution >= 4 is 31.0 Å². The first kappa shape index (κ1) is 16.9. The molecule has 2 heterocycles. The highest BCUT2D eigenvalue weighted by Gasteiger charge is 2.19. The molecule has 9 heteroatoms. The summed E-state index contributed by atoms with van der Waals surface area (Å²) in [7, 11) is -1.18. The Kier molecular flexibility index (Phi) is 4.67. The van der Waals surface area contributed by atoms with Gasteiger partial charge in [-0.15, -0.1) is 0 Å². The van der Waals surface area contributed by atoms with Crippen molar-refractivity contribution in [1.29, 1.82) is 5.26 Å². The van der Waals surface area contributed by atoms with E-state index in [1.165, 1.54) is 0 Å².